The van der Waals surface area contributed by atoms with Gasteiger partial charge in [0.15, 0.2) is 0 Å². The molecule has 2 aliphatic rings. The van der Waals surface area contributed by atoms with E-state index in [2.05, 4.69) is 10.6 Å². The summed E-state index contributed by atoms with van der Waals surface area (Å²) >= 11 is 0. The highest BCUT2D eigenvalue weighted by atomic mass is 19.4. The van der Waals surface area contributed by atoms with E-state index >= 15 is 0 Å². The van der Waals surface area contributed by atoms with Gasteiger partial charge in [-0.05, 0) is 49.4 Å². The van der Waals surface area contributed by atoms with Crippen LogP contribution in [-0.2, 0) is 12.1 Å². The van der Waals surface area contributed by atoms with Crippen LogP contribution in [0.5, 0.6) is 5.75 Å². The predicted octanol–water partition coefficient (Wildman–Crippen LogP) is 4.39. The maximum atomic E-state index is 13.2. The van der Waals surface area contributed by atoms with Gasteiger partial charge in [0.25, 0.3) is 11.5 Å². The Bertz CT molecular complexity index is 1290. The fraction of sp³-hybridized carbons (Fsp3) is 0.517. The number of urea groups is 1. The Morgan fingerprint density at radius 1 is 0.909 bits per heavy atom. The average Bonchev–Trinajstić information content (AvgIpc) is 2.97. The van der Waals surface area contributed by atoms with Crippen molar-refractivity contribution in [1.29, 1.82) is 0 Å². The molecule has 2 fully saturated rings. The smallest absolute Gasteiger partial charge is 0.430 e. The van der Waals surface area contributed by atoms with Crippen molar-refractivity contribution in [3.63, 3.8) is 0 Å². The van der Waals surface area contributed by atoms with Crippen LogP contribution in [0.2, 0.25) is 0 Å². The van der Waals surface area contributed by atoms with Crippen molar-refractivity contribution in [1.82, 2.24) is 15.1 Å². The van der Waals surface area contributed by atoms with Gasteiger partial charge < -0.3 is 30.5 Å². The van der Waals surface area contributed by atoms with Gasteiger partial charge in [0.05, 0.1) is 18.9 Å². The molecule has 1 aliphatic heterocycles. The summed E-state index contributed by atoms with van der Waals surface area (Å²) in [6, 6.07) is 7.63. The van der Waals surface area contributed by atoms with Crippen LogP contribution < -0.4 is 15.4 Å². The molecule has 0 aromatic heterocycles. The Kier molecular flexibility index (Phi) is 10.0. The Labute approximate surface area is 249 Å². The van der Waals surface area contributed by atoms with E-state index in [0.717, 1.165) is 12.1 Å². The summed E-state index contributed by atoms with van der Waals surface area (Å²) in [7, 11) is 1.41. The molecule has 44 heavy (non-hydrogen) atoms. The second kappa shape index (κ2) is 13.2. The zero-order chi connectivity index (χ0) is 32.3. The third-order valence-electron chi connectivity index (χ3n) is 7.99. The van der Waals surface area contributed by atoms with Crippen LogP contribution in [0.4, 0.5) is 36.8 Å². The topological polar surface area (TPSA) is 114 Å². The number of aliphatic hydroxyl groups excluding tert-OH is 1. The van der Waals surface area contributed by atoms with E-state index in [1.54, 1.807) is 17.0 Å². The molecule has 0 unspecified atom stereocenters. The molecule has 242 valence electrons. The van der Waals surface area contributed by atoms with Gasteiger partial charge in [-0.2, -0.15) is 26.3 Å². The summed E-state index contributed by atoms with van der Waals surface area (Å²) in [5.41, 5.74) is -5.15. The van der Waals surface area contributed by atoms with Crippen molar-refractivity contribution in [3.8, 4) is 5.75 Å². The molecule has 4 rings (SSSR count). The van der Waals surface area contributed by atoms with Gasteiger partial charge in [-0.25, -0.2) is 4.79 Å². The average molecular weight is 633 g/mol. The van der Waals surface area contributed by atoms with Gasteiger partial charge in [-0.3, -0.25) is 9.69 Å². The highest BCUT2D eigenvalue weighted by Crippen LogP contribution is 2.50. The van der Waals surface area contributed by atoms with Crippen LogP contribution in [0.15, 0.2) is 42.5 Å². The molecule has 0 spiro atoms. The summed E-state index contributed by atoms with van der Waals surface area (Å²) in [5.74, 6) is 0.0118. The molecule has 1 heterocycles. The molecule has 1 aliphatic carbocycles. The van der Waals surface area contributed by atoms with E-state index in [4.69, 9.17) is 4.74 Å². The standard InChI is InChI=1S/C29H34F6N4O5/c1-44-24-16-19(4-11-23(24)37-26(42)36-21-7-9-22(40)10-8-21)25(41)39-14-12-38(13-15-39)17-18-2-5-20(6-3-18)27(43,28(30,31)32)29(33,34)35/h2-6,11,16,21-22,40,43H,7-10,12-15,17H2,1H3,(H2,36,37,42)/t21-,22-. The number of halogens is 6. The Hall–Kier alpha value is -3.56. The molecular formula is C29H34F6N4O5. The summed E-state index contributed by atoms with van der Waals surface area (Å²) in [5, 5.41) is 24.8. The number of anilines is 1. The number of nitrogens with zero attached hydrogens (tertiary/aromatic N) is 2. The summed E-state index contributed by atoms with van der Waals surface area (Å²) in [6.45, 7) is 1.66. The number of piperazine rings is 1. The lowest BCUT2D eigenvalue weighted by molar-refractivity contribution is -0.376. The SMILES string of the molecule is COc1cc(C(=O)N2CCN(Cc3ccc(C(O)(C(F)(F)F)C(F)(F)F)cc3)CC2)ccc1NC(=O)N[C@H]1CC[C@H](O)CC1. The van der Waals surface area contributed by atoms with E-state index in [1.807, 2.05) is 4.90 Å². The van der Waals surface area contributed by atoms with Gasteiger partial charge in [0, 0.05) is 49.9 Å². The van der Waals surface area contributed by atoms with Crippen LogP contribution in [0.3, 0.4) is 0 Å². The largest absolute Gasteiger partial charge is 0.495 e. The number of methoxy groups -OCH3 is 1. The molecule has 0 atom stereocenters. The van der Waals surface area contributed by atoms with Gasteiger partial charge in [-0.15, -0.1) is 0 Å². The minimum Gasteiger partial charge on any atom is -0.495 e. The van der Waals surface area contributed by atoms with Crippen LogP contribution in [0.1, 0.15) is 47.2 Å². The Balaban J connectivity index is 1.31. The first-order chi connectivity index (χ1) is 20.6. The molecule has 2 aromatic rings. The number of carbonyl (C=O) groups excluding carboxylic acids is 2. The number of benzene rings is 2. The molecule has 9 nitrogen and oxygen atoms in total. The van der Waals surface area contributed by atoms with Gasteiger partial charge in [-0.1, -0.05) is 24.3 Å². The number of hydrogen-bond acceptors (Lipinski definition) is 6. The third-order valence-corrected chi connectivity index (χ3v) is 7.99. The zero-order valence-electron chi connectivity index (χ0n) is 23.8. The number of alkyl halides is 6. The van der Waals surface area contributed by atoms with Crippen molar-refractivity contribution < 1.29 is 50.9 Å². The maximum absolute atomic E-state index is 13.2. The zero-order valence-corrected chi connectivity index (χ0v) is 23.8. The minimum atomic E-state index is -5.95. The predicted molar refractivity (Wildman–Crippen MR) is 147 cm³/mol. The van der Waals surface area contributed by atoms with Crippen molar-refractivity contribution in [2.75, 3.05) is 38.6 Å². The highest BCUT2D eigenvalue weighted by Gasteiger charge is 2.71. The lowest BCUT2D eigenvalue weighted by Crippen LogP contribution is -2.53. The second-order valence-corrected chi connectivity index (χ2v) is 11.0. The van der Waals surface area contributed by atoms with E-state index in [1.165, 1.54) is 13.2 Å². The van der Waals surface area contributed by atoms with Crippen LogP contribution in [0.25, 0.3) is 0 Å². The van der Waals surface area contributed by atoms with Gasteiger partial charge >= 0.3 is 18.4 Å². The number of hydrogen-bond donors (Lipinski definition) is 4. The van der Waals surface area contributed by atoms with E-state index in [-0.39, 0.29) is 30.3 Å². The number of amides is 3. The molecule has 1 saturated carbocycles. The lowest BCUT2D eigenvalue weighted by atomic mass is 9.91. The molecule has 0 bridgehead atoms. The molecular weight excluding hydrogens is 598 g/mol. The van der Waals surface area contributed by atoms with Crippen LogP contribution in [0, 0.1) is 0 Å². The quantitative estimate of drug-likeness (QED) is 0.337. The molecule has 3 amide bonds. The minimum absolute atomic E-state index is 0.0490. The third kappa shape index (κ3) is 7.38. The molecule has 15 heteroatoms. The monoisotopic (exact) mass is 632 g/mol. The molecule has 2 aromatic carbocycles. The molecule has 1 saturated heterocycles. The van der Waals surface area contributed by atoms with Crippen molar-refractivity contribution in [2.24, 2.45) is 0 Å². The fourth-order valence-electron chi connectivity index (χ4n) is 5.38. The van der Waals surface area contributed by atoms with Crippen molar-refractivity contribution >= 4 is 17.6 Å². The van der Waals surface area contributed by atoms with Crippen LogP contribution >= 0.6 is 0 Å². The molecule has 4 N–H and O–H groups in total. The first-order valence-electron chi connectivity index (χ1n) is 14.0. The van der Waals surface area contributed by atoms with Crippen molar-refractivity contribution in [3.05, 3.63) is 59.2 Å². The van der Waals surface area contributed by atoms with Gasteiger partial charge in [0.2, 0.25) is 0 Å². The van der Waals surface area contributed by atoms with E-state index in [9.17, 15) is 46.1 Å². The first kappa shape index (κ1) is 33.3. The number of rotatable bonds is 7. The lowest BCUT2D eigenvalue weighted by Gasteiger charge is -2.35. The van der Waals surface area contributed by atoms with E-state index < -0.39 is 29.5 Å². The Morgan fingerprint density at radius 2 is 1.50 bits per heavy atom. The second-order valence-electron chi connectivity index (χ2n) is 11.0. The van der Waals surface area contributed by atoms with Crippen molar-refractivity contribution in [2.45, 2.75) is 62.3 Å². The van der Waals surface area contributed by atoms with E-state index in [0.29, 0.717) is 80.8 Å². The maximum Gasteiger partial charge on any atom is 0.430 e. The summed E-state index contributed by atoms with van der Waals surface area (Å²) in [4.78, 5) is 29.2. The fourth-order valence-corrected chi connectivity index (χ4v) is 5.38. The highest BCUT2D eigenvalue weighted by molar-refractivity contribution is 5.97. The van der Waals surface area contributed by atoms with Crippen LogP contribution in [-0.4, -0.2) is 89.7 Å². The Morgan fingerprint density at radius 3 is 2.05 bits per heavy atom. The number of ether oxygens (including phenoxy) is 1. The molecule has 0 radical (unpaired) electrons. The summed E-state index contributed by atoms with van der Waals surface area (Å²) < 4.78 is 84.2. The number of nitrogens with one attached hydrogen (secondary N) is 2. The number of carbonyl (C=O) groups is 2. The first-order valence-corrected chi connectivity index (χ1v) is 14.0. The normalized spacial score (nSPS) is 20.2. The van der Waals surface area contributed by atoms with Gasteiger partial charge in [0.1, 0.15) is 5.75 Å². The summed E-state index contributed by atoms with van der Waals surface area (Å²) in [6.07, 6.45) is -9.66. The number of aliphatic hydroxyl groups is 2.